The van der Waals surface area contributed by atoms with Crippen molar-refractivity contribution in [2.24, 2.45) is 5.92 Å². The van der Waals surface area contributed by atoms with Gasteiger partial charge in [0.1, 0.15) is 0 Å². The van der Waals surface area contributed by atoms with Crippen LogP contribution in [0.2, 0.25) is 0 Å². The number of benzene rings is 1. The molecule has 0 unspecified atom stereocenters. The summed E-state index contributed by atoms with van der Waals surface area (Å²) >= 11 is 0. The Morgan fingerprint density at radius 3 is 2.37 bits per heavy atom. The highest BCUT2D eigenvalue weighted by Crippen LogP contribution is 2.35. The molecule has 3 rings (SSSR count). The fourth-order valence-electron chi connectivity index (χ4n) is 3.46. The number of rotatable bonds is 4. The lowest BCUT2D eigenvalue weighted by molar-refractivity contribution is -0.139. The zero-order valence-corrected chi connectivity index (χ0v) is 15.5. The Hall–Kier alpha value is -1.87. The first-order valence-corrected chi connectivity index (χ1v) is 10.2. The number of amides is 1. The summed E-state index contributed by atoms with van der Waals surface area (Å²) < 4.78 is 66.0. The van der Waals surface area contributed by atoms with Crippen molar-refractivity contribution in [3.8, 4) is 0 Å². The average Bonchev–Trinajstić information content (AvgIpc) is 3.14. The van der Waals surface area contributed by atoms with Crippen molar-refractivity contribution in [1.82, 2.24) is 9.21 Å². The Bertz CT molecular complexity index is 828. The number of sulfonamides is 1. The van der Waals surface area contributed by atoms with Crippen LogP contribution in [0, 0.1) is 5.92 Å². The molecule has 1 aliphatic heterocycles. The third-order valence-corrected chi connectivity index (χ3v) is 6.91. The van der Waals surface area contributed by atoms with Crippen molar-refractivity contribution < 1.29 is 26.4 Å². The summed E-state index contributed by atoms with van der Waals surface area (Å²) in [5, 5.41) is 0. The molecule has 2 aliphatic rings. The molecule has 0 spiro atoms. The topological polar surface area (TPSA) is 57.7 Å². The molecule has 0 radical (unpaired) electrons. The van der Waals surface area contributed by atoms with E-state index < -0.39 is 26.7 Å². The molecule has 1 aromatic carbocycles. The molecule has 5 nitrogen and oxygen atoms in total. The molecule has 0 bridgehead atoms. The van der Waals surface area contributed by atoms with Gasteiger partial charge in [-0.15, -0.1) is 0 Å². The fraction of sp³-hybridized carbons (Fsp3) is 0.500. The molecule has 1 heterocycles. The first-order chi connectivity index (χ1) is 12.7. The molecule has 1 amide bonds. The third kappa shape index (κ3) is 4.35. The molecule has 0 aromatic heterocycles. The van der Waals surface area contributed by atoms with Gasteiger partial charge in [0.05, 0.1) is 10.5 Å². The van der Waals surface area contributed by atoms with E-state index in [9.17, 15) is 26.4 Å². The quantitative estimate of drug-likeness (QED) is 0.728. The second-order valence-electron chi connectivity index (χ2n) is 6.75. The van der Waals surface area contributed by atoms with Crippen molar-refractivity contribution in [1.29, 1.82) is 0 Å². The predicted octanol–water partition coefficient (Wildman–Crippen LogP) is 2.89. The number of halogens is 3. The van der Waals surface area contributed by atoms with E-state index in [0.717, 1.165) is 35.3 Å². The number of hydrogen-bond acceptors (Lipinski definition) is 3. The summed E-state index contributed by atoms with van der Waals surface area (Å²) in [5.41, 5.74) is -1.17. The van der Waals surface area contributed by atoms with Gasteiger partial charge in [-0.25, -0.2) is 8.42 Å². The summed E-state index contributed by atoms with van der Waals surface area (Å²) in [5.74, 6) is 0.178. The second kappa shape index (κ2) is 7.63. The smallest absolute Gasteiger partial charge is 0.340 e. The zero-order valence-electron chi connectivity index (χ0n) is 14.7. The van der Waals surface area contributed by atoms with Gasteiger partial charge in [-0.05, 0) is 30.9 Å². The first kappa shape index (κ1) is 19.9. The van der Waals surface area contributed by atoms with Crippen molar-refractivity contribution in [2.75, 3.05) is 26.2 Å². The number of alkyl halides is 3. The summed E-state index contributed by atoms with van der Waals surface area (Å²) in [6.45, 7) is 0.340. The van der Waals surface area contributed by atoms with E-state index in [1.807, 2.05) is 12.2 Å². The Kier molecular flexibility index (Phi) is 5.62. The number of nitrogens with zero attached hydrogens (tertiary/aromatic N) is 2. The summed E-state index contributed by atoms with van der Waals surface area (Å²) in [6, 6.07) is 4.18. The van der Waals surface area contributed by atoms with Crippen LogP contribution in [0.25, 0.3) is 0 Å². The van der Waals surface area contributed by atoms with Crippen molar-refractivity contribution >= 4 is 15.9 Å². The van der Waals surface area contributed by atoms with E-state index in [0.29, 0.717) is 6.42 Å². The molecular formula is C18H21F3N2O3S. The molecule has 1 aromatic rings. The molecule has 148 valence electrons. The lowest BCUT2D eigenvalue weighted by atomic mass is 10.0. The zero-order chi connectivity index (χ0) is 19.7. The van der Waals surface area contributed by atoms with E-state index >= 15 is 0 Å². The Balaban J connectivity index is 1.68. The highest BCUT2D eigenvalue weighted by Gasteiger charge is 2.39. The van der Waals surface area contributed by atoms with Gasteiger partial charge >= 0.3 is 6.18 Å². The van der Waals surface area contributed by atoms with Crippen LogP contribution in [0.3, 0.4) is 0 Å². The lowest BCUT2D eigenvalue weighted by Crippen LogP contribution is -2.50. The van der Waals surface area contributed by atoms with E-state index in [4.69, 9.17) is 0 Å². The van der Waals surface area contributed by atoms with Gasteiger partial charge in [0.2, 0.25) is 15.9 Å². The average molecular weight is 402 g/mol. The predicted molar refractivity (Wildman–Crippen MR) is 93.3 cm³/mol. The molecule has 1 saturated heterocycles. The third-order valence-electron chi connectivity index (χ3n) is 4.95. The second-order valence-corrected chi connectivity index (χ2v) is 8.65. The molecule has 0 N–H and O–H groups in total. The van der Waals surface area contributed by atoms with Crippen LogP contribution in [0.1, 0.15) is 24.8 Å². The maximum absolute atomic E-state index is 13.2. The van der Waals surface area contributed by atoms with E-state index in [1.54, 1.807) is 4.90 Å². The van der Waals surface area contributed by atoms with Gasteiger partial charge < -0.3 is 4.90 Å². The van der Waals surface area contributed by atoms with Gasteiger partial charge in [-0.2, -0.15) is 17.5 Å². The van der Waals surface area contributed by atoms with Gasteiger partial charge in [0.25, 0.3) is 0 Å². The largest absolute Gasteiger partial charge is 0.417 e. The van der Waals surface area contributed by atoms with Gasteiger partial charge in [-0.1, -0.05) is 24.3 Å². The number of hydrogen-bond donors (Lipinski definition) is 0. The number of carbonyl (C=O) groups is 1. The molecular weight excluding hydrogens is 381 g/mol. The Morgan fingerprint density at radius 1 is 1.11 bits per heavy atom. The minimum absolute atomic E-state index is 0.0131. The first-order valence-electron chi connectivity index (χ1n) is 8.80. The molecule has 0 saturated carbocycles. The van der Waals surface area contributed by atoms with Crippen LogP contribution < -0.4 is 0 Å². The lowest BCUT2D eigenvalue weighted by Gasteiger charge is -2.34. The van der Waals surface area contributed by atoms with Crippen LogP contribution in [0.4, 0.5) is 13.2 Å². The van der Waals surface area contributed by atoms with Crippen molar-refractivity contribution in [3.63, 3.8) is 0 Å². The minimum Gasteiger partial charge on any atom is -0.340 e. The van der Waals surface area contributed by atoms with Crippen LogP contribution in [-0.4, -0.2) is 49.7 Å². The minimum atomic E-state index is -4.75. The molecule has 1 aliphatic carbocycles. The maximum Gasteiger partial charge on any atom is 0.417 e. The van der Waals surface area contributed by atoms with Crippen LogP contribution in [0.15, 0.2) is 41.3 Å². The van der Waals surface area contributed by atoms with Crippen LogP contribution in [0.5, 0.6) is 0 Å². The Morgan fingerprint density at radius 2 is 1.78 bits per heavy atom. The van der Waals surface area contributed by atoms with Crippen LogP contribution in [-0.2, 0) is 21.0 Å². The van der Waals surface area contributed by atoms with Crippen molar-refractivity contribution in [2.45, 2.75) is 30.3 Å². The standard InChI is InChI=1S/C18H21F3N2O3S/c19-18(20,21)15-7-3-4-8-16(15)27(25,26)23-11-9-22(10-12-23)17(24)13-14-5-1-2-6-14/h1,3-5,7-8,14H,2,6,9-13H2/t14-/m0/s1. The maximum atomic E-state index is 13.2. The van der Waals surface area contributed by atoms with Crippen LogP contribution >= 0.6 is 0 Å². The van der Waals surface area contributed by atoms with Crippen molar-refractivity contribution in [3.05, 3.63) is 42.0 Å². The molecule has 27 heavy (non-hydrogen) atoms. The molecule has 9 heteroatoms. The normalized spacial score (nSPS) is 21.6. The molecule has 1 fully saturated rings. The highest BCUT2D eigenvalue weighted by atomic mass is 32.2. The Labute approximate surface area is 156 Å². The number of allylic oxidation sites excluding steroid dienone is 2. The van der Waals surface area contributed by atoms with Gasteiger partial charge in [0, 0.05) is 32.6 Å². The number of carbonyl (C=O) groups excluding carboxylic acids is 1. The van der Waals surface area contributed by atoms with E-state index in [1.165, 1.54) is 6.07 Å². The summed E-state index contributed by atoms with van der Waals surface area (Å²) in [6.07, 6.45) is 1.60. The number of piperazine rings is 1. The summed E-state index contributed by atoms with van der Waals surface area (Å²) in [7, 11) is -4.28. The fourth-order valence-corrected chi connectivity index (χ4v) is 5.10. The van der Waals surface area contributed by atoms with Gasteiger partial charge in [-0.3, -0.25) is 4.79 Å². The van der Waals surface area contributed by atoms with Gasteiger partial charge in [0.15, 0.2) is 0 Å². The summed E-state index contributed by atoms with van der Waals surface area (Å²) in [4.78, 5) is 13.2. The van der Waals surface area contributed by atoms with E-state index in [-0.39, 0.29) is 38.0 Å². The van der Waals surface area contributed by atoms with E-state index in [2.05, 4.69) is 0 Å². The monoisotopic (exact) mass is 402 g/mol. The SMILES string of the molecule is O=C(C[C@H]1C=CCC1)N1CCN(S(=O)(=O)c2ccccc2C(F)(F)F)CC1. The highest BCUT2D eigenvalue weighted by molar-refractivity contribution is 7.89. The molecule has 1 atom stereocenters.